The van der Waals surface area contributed by atoms with Crippen molar-refractivity contribution in [2.24, 2.45) is 11.3 Å². The maximum absolute atomic E-state index is 11.2. The maximum atomic E-state index is 11.2. The summed E-state index contributed by atoms with van der Waals surface area (Å²) in [7, 11) is 1.42. The highest BCUT2D eigenvalue weighted by atomic mass is 16.5. The Bertz CT molecular complexity index is 260. The Morgan fingerprint density at radius 3 is 2.59 bits per heavy atom. The highest BCUT2D eigenvalue weighted by Gasteiger charge is 2.33. The lowest BCUT2D eigenvalue weighted by molar-refractivity contribution is -0.145. The second kappa shape index (κ2) is 5.85. The van der Waals surface area contributed by atoms with Gasteiger partial charge < -0.3 is 9.47 Å². The average molecular weight is 242 g/mol. The summed E-state index contributed by atoms with van der Waals surface area (Å²) in [6.45, 7) is 8.82. The van der Waals surface area contributed by atoms with Gasteiger partial charge in [-0.2, -0.15) is 0 Å². The molecule has 0 spiro atoms. The summed E-state index contributed by atoms with van der Waals surface area (Å²) < 4.78 is 10.6. The van der Waals surface area contributed by atoms with Crippen LogP contribution in [-0.2, 0) is 14.3 Å². The van der Waals surface area contributed by atoms with Gasteiger partial charge in [-0.3, -0.25) is 4.79 Å². The minimum Gasteiger partial charge on any atom is -0.469 e. The molecule has 0 aromatic rings. The van der Waals surface area contributed by atoms with Crippen molar-refractivity contribution < 1.29 is 14.3 Å². The van der Waals surface area contributed by atoms with Crippen LogP contribution in [0.25, 0.3) is 0 Å². The Labute approximate surface area is 105 Å². The first-order valence-corrected chi connectivity index (χ1v) is 6.54. The van der Waals surface area contributed by atoms with Crippen molar-refractivity contribution in [3.63, 3.8) is 0 Å². The van der Waals surface area contributed by atoms with E-state index < -0.39 is 0 Å². The molecule has 3 nitrogen and oxygen atoms in total. The summed E-state index contributed by atoms with van der Waals surface area (Å²) in [5, 5.41) is 0. The normalized spacial score (nSPS) is 29.7. The van der Waals surface area contributed by atoms with Crippen LogP contribution in [0.5, 0.6) is 0 Å². The molecule has 1 rings (SSSR count). The third-order valence-corrected chi connectivity index (χ3v) is 3.45. The zero-order valence-electron chi connectivity index (χ0n) is 11.8. The smallest absolute Gasteiger partial charge is 0.308 e. The molecule has 3 heteroatoms. The fourth-order valence-corrected chi connectivity index (χ4v) is 3.06. The molecule has 0 radical (unpaired) electrons. The van der Waals surface area contributed by atoms with Gasteiger partial charge in [0, 0.05) is 0 Å². The molecule has 1 aliphatic rings. The fraction of sp³-hybridized carbons (Fsp3) is 0.929. The van der Waals surface area contributed by atoms with Crippen LogP contribution in [0.15, 0.2) is 0 Å². The molecule has 0 aliphatic heterocycles. The lowest BCUT2D eigenvalue weighted by Crippen LogP contribution is -2.35. The number of esters is 1. The predicted molar refractivity (Wildman–Crippen MR) is 67.8 cm³/mol. The van der Waals surface area contributed by atoms with E-state index >= 15 is 0 Å². The molecular formula is C14H26O3. The van der Waals surface area contributed by atoms with Gasteiger partial charge in [0.15, 0.2) is 0 Å². The third-order valence-electron chi connectivity index (χ3n) is 3.45. The van der Waals surface area contributed by atoms with Crippen LogP contribution in [0.3, 0.4) is 0 Å². The number of carbonyl (C=O) groups is 1. The highest BCUT2D eigenvalue weighted by Crippen LogP contribution is 2.40. The fourth-order valence-electron chi connectivity index (χ4n) is 3.06. The summed E-state index contributed by atoms with van der Waals surface area (Å²) in [6.07, 6.45) is 4.04. The van der Waals surface area contributed by atoms with E-state index in [4.69, 9.17) is 4.74 Å². The quantitative estimate of drug-likeness (QED) is 0.710. The number of rotatable bonds is 4. The molecule has 0 N–H and O–H groups in total. The second-order valence-corrected chi connectivity index (χ2v) is 6.26. The molecular weight excluding hydrogens is 216 g/mol. The van der Waals surface area contributed by atoms with E-state index in [1.807, 2.05) is 6.92 Å². The molecule has 3 atom stereocenters. The van der Waals surface area contributed by atoms with Crippen LogP contribution in [0, 0.1) is 11.3 Å². The van der Waals surface area contributed by atoms with Crippen LogP contribution in [0.4, 0.5) is 0 Å². The molecule has 0 heterocycles. The van der Waals surface area contributed by atoms with E-state index in [1.165, 1.54) is 13.5 Å². The number of ether oxygens (including phenoxy) is 2. The van der Waals surface area contributed by atoms with Crippen molar-refractivity contribution in [3.8, 4) is 0 Å². The molecule has 0 amide bonds. The van der Waals surface area contributed by atoms with Gasteiger partial charge in [0.2, 0.25) is 0 Å². The Morgan fingerprint density at radius 1 is 1.41 bits per heavy atom. The van der Waals surface area contributed by atoms with Gasteiger partial charge in [-0.25, -0.2) is 0 Å². The van der Waals surface area contributed by atoms with Gasteiger partial charge in [0.1, 0.15) is 0 Å². The summed E-state index contributed by atoms with van der Waals surface area (Å²) >= 11 is 0. The van der Waals surface area contributed by atoms with Gasteiger partial charge in [0.05, 0.1) is 25.7 Å². The number of methoxy groups -OCH3 is 1. The SMILES string of the molecule is COC(=O)CC(C)OC1CC(C)CC(C)(C)C1. The van der Waals surface area contributed by atoms with Gasteiger partial charge in [-0.05, 0) is 37.5 Å². The van der Waals surface area contributed by atoms with E-state index in [0.29, 0.717) is 17.8 Å². The lowest BCUT2D eigenvalue weighted by Gasteiger charge is -2.39. The van der Waals surface area contributed by atoms with Crippen LogP contribution in [-0.4, -0.2) is 25.3 Å². The van der Waals surface area contributed by atoms with Gasteiger partial charge >= 0.3 is 5.97 Å². The van der Waals surface area contributed by atoms with Crippen molar-refractivity contribution >= 4 is 5.97 Å². The largest absolute Gasteiger partial charge is 0.469 e. The molecule has 0 bridgehead atoms. The van der Waals surface area contributed by atoms with E-state index in [0.717, 1.165) is 12.8 Å². The summed E-state index contributed by atoms with van der Waals surface area (Å²) in [4.78, 5) is 11.2. The monoisotopic (exact) mass is 242 g/mol. The van der Waals surface area contributed by atoms with Gasteiger partial charge in [-0.15, -0.1) is 0 Å². The van der Waals surface area contributed by atoms with Crippen LogP contribution in [0.2, 0.25) is 0 Å². The first-order chi connectivity index (χ1) is 7.82. The van der Waals surface area contributed by atoms with E-state index in [-0.39, 0.29) is 18.2 Å². The van der Waals surface area contributed by atoms with Crippen molar-refractivity contribution in [1.29, 1.82) is 0 Å². The number of carbonyl (C=O) groups excluding carboxylic acids is 1. The minimum absolute atomic E-state index is 0.0476. The van der Waals surface area contributed by atoms with Gasteiger partial charge in [0.25, 0.3) is 0 Å². The van der Waals surface area contributed by atoms with E-state index in [2.05, 4.69) is 25.5 Å². The lowest BCUT2D eigenvalue weighted by atomic mass is 9.71. The van der Waals surface area contributed by atoms with Crippen molar-refractivity contribution in [2.45, 2.75) is 65.6 Å². The standard InChI is InChI=1S/C14H26O3/c1-10-6-12(9-14(3,4)8-10)17-11(2)7-13(15)16-5/h10-12H,6-9H2,1-5H3. The Morgan fingerprint density at radius 2 is 2.06 bits per heavy atom. The minimum atomic E-state index is -0.194. The molecule has 1 saturated carbocycles. The molecule has 0 saturated heterocycles. The summed E-state index contributed by atoms with van der Waals surface area (Å²) in [5.74, 6) is 0.509. The maximum Gasteiger partial charge on any atom is 0.308 e. The Kier molecular flexibility index (Phi) is 4.99. The van der Waals surface area contributed by atoms with Crippen molar-refractivity contribution in [1.82, 2.24) is 0 Å². The molecule has 100 valence electrons. The molecule has 0 aromatic heterocycles. The van der Waals surface area contributed by atoms with Crippen molar-refractivity contribution in [3.05, 3.63) is 0 Å². The average Bonchev–Trinajstić information content (AvgIpc) is 2.13. The Balaban J connectivity index is 2.42. The number of hydrogen-bond acceptors (Lipinski definition) is 3. The molecule has 17 heavy (non-hydrogen) atoms. The molecule has 3 unspecified atom stereocenters. The highest BCUT2D eigenvalue weighted by molar-refractivity contribution is 5.69. The van der Waals surface area contributed by atoms with Crippen LogP contribution < -0.4 is 0 Å². The predicted octanol–water partition coefficient (Wildman–Crippen LogP) is 3.17. The first-order valence-electron chi connectivity index (χ1n) is 6.54. The summed E-state index contributed by atoms with van der Waals surface area (Å²) in [5.41, 5.74) is 0.354. The van der Waals surface area contributed by atoms with Gasteiger partial charge in [-0.1, -0.05) is 20.8 Å². The van der Waals surface area contributed by atoms with Crippen LogP contribution in [0.1, 0.15) is 53.4 Å². The van der Waals surface area contributed by atoms with Crippen molar-refractivity contribution in [2.75, 3.05) is 7.11 Å². The third kappa shape index (κ3) is 5.07. The van der Waals surface area contributed by atoms with E-state index in [9.17, 15) is 4.79 Å². The number of hydrogen-bond donors (Lipinski definition) is 0. The first kappa shape index (κ1) is 14.5. The summed E-state index contributed by atoms with van der Waals surface area (Å²) in [6, 6.07) is 0. The van der Waals surface area contributed by atoms with Crippen LogP contribution >= 0.6 is 0 Å². The second-order valence-electron chi connectivity index (χ2n) is 6.26. The molecule has 1 fully saturated rings. The topological polar surface area (TPSA) is 35.5 Å². The molecule has 1 aliphatic carbocycles. The zero-order chi connectivity index (χ0) is 13.1. The zero-order valence-corrected chi connectivity index (χ0v) is 11.8. The van der Waals surface area contributed by atoms with E-state index in [1.54, 1.807) is 0 Å². The molecule has 0 aromatic carbocycles. The Hall–Kier alpha value is -0.570.